The molecule has 0 saturated heterocycles. The van der Waals surface area contributed by atoms with E-state index in [1.807, 2.05) is 0 Å². The highest BCUT2D eigenvalue weighted by Gasteiger charge is 2.35. The Kier molecular flexibility index (Phi) is 5.19. The number of urea groups is 1. The standard InChI is InChI=1S/C16H21F3N2O2/c1-10(12-5-3-4-6-13(12)16(17,18)19)20-15(23)21(2)9-14(22)11-7-8-11/h3-6,10-11,14,22H,7-9H2,1-2H3,(H,20,23)/t10-,14-/m0/s1. The molecule has 0 bridgehead atoms. The van der Waals surface area contributed by atoms with Gasteiger partial charge in [-0.1, -0.05) is 18.2 Å². The maximum atomic E-state index is 13.0. The SMILES string of the molecule is C[C@H](NC(=O)N(C)C[C@H](O)C1CC1)c1ccccc1C(F)(F)F. The van der Waals surface area contributed by atoms with Gasteiger partial charge in [0.15, 0.2) is 0 Å². The number of nitrogens with one attached hydrogen (secondary N) is 1. The first-order valence-electron chi connectivity index (χ1n) is 7.56. The topological polar surface area (TPSA) is 52.6 Å². The molecule has 2 rings (SSSR count). The Balaban J connectivity index is 2.01. The molecule has 1 fully saturated rings. The molecule has 0 radical (unpaired) electrons. The van der Waals surface area contributed by atoms with E-state index < -0.39 is 29.9 Å². The van der Waals surface area contributed by atoms with E-state index in [1.54, 1.807) is 0 Å². The number of alkyl halides is 3. The van der Waals surface area contributed by atoms with Crippen molar-refractivity contribution in [2.24, 2.45) is 5.92 Å². The molecule has 0 unspecified atom stereocenters. The summed E-state index contributed by atoms with van der Waals surface area (Å²) >= 11 is 0. The Morgan fingerprint density at radius 1 is 1.39 bits per heavy atom. The minimum absolute atomic E-state index is 0.0180. The van der Waals surface area contributed by atoms with Crippen molar-refractivity contribution in [1.29, 1.82) is 0 Å². The minimum Gasteiger partial charge on any atom is -0.391 e. The van der Waals surface area contributed by atoms with Crippen molar-refractivity contribution in [1.82, 2.24) is 10.2 Å². The summed E-state index contributed by atoms with van der Waals surface area (Å²) in [7, 11) is 1.52. The first-order chi connectivity index (χ1) is 10.7. The highest BCUT2D eigenvalue weighted by molar-refractivity contribution is 5.74. The van der Waals surface area contributed by atoms with Gasteiger partial charge >= 0.3 is 12.2 Å². The zero-order chi connectivity index (χ0) is 17.2. The van der Waals surface area contributed by atoms with Gasteiger partial charge in [-0.05, 0) is 37.3 Å². The number of halogens is 3. The average molecular weight is 330 g/mol. The second-order valence-corrected chi connectivity index (χ2v) is 6.04. The zero-order valence-corrected chi connectivity index (χ0v) is 13.1. The van der Waals surface area contributed by atoms with Gasteiger partial charge < -0.3 is 15.3 Å². The molecule has 2 amide bonds. The molecule has 2 atom stereocenters. The van der Waals surface area contributed by atoms with E-state index in [-0.39, 0.29) is 18.0 Å². The molecule has 1 aromatic rings. The minimum atomic E-state index is -4.47. The van der Waals surface area contributed by atoms with Gasteiger partial charge in [0, 0.05) is 13.6 Å². The predicted octanol–water partition coefficient (Wildman–Crippen LogP) is 3.18. The third-order valence-electron chi connectivity index (χ3n) is 4.05. The van der Waals surface area contributed by atoms with Crippen LogP contribution in [0.4, 0.5) is 18.0 Å². The van der Waals surface area contributed by atoms with Crippen molar-refractivity contribution in [2.45, 2.75) is 38.1 Å². The summed E-state index contributed by atoms with van der Waals surface area (Å²) < 4.78 is 39.0. The third-order valence-corrected chi connectivity index (χ3v) is 4.05. The second kappa shape index (κ2) is 6.78. The van der Waals surface area contributed by atoms with Crippen LogP contribution in [0.15, 0.2) is 24.3 Å². The van der Waals surface area contributed by atoms with Gasteiger partial charge in [0.2, 0.25) is 0 Å². The summed E-state index contributed by atoms with van der Waals surface area (Å²) in [6, 6.07) is 3.88. The molecule has 1 aliphatic carbocycles. The predicted molar refractivity (Wildman–Crippen MR) is 79.8 cm³/mol. The van der Waals surface area contributed by atoms with Gasteiger partial charge in [-0.15, -0.1) is 0 Å². The fraction of sp³-hybridized carbons (Fsp3) is 0.562. The molecule has 1 aliphatic rings. The Morgan fingerprint density at radius 2 is 2.00 bits per heavy atom. The molecule has 0 heterocycles. The molecule has 0 aliphatic heterocycles. The van der Waals surface area contributed by atoms with E-state index >= 15 is 0 Å². The first-order valence-corrected chi connectivity index (χ1v) is 7.56. The van der Waals surface area contributed by atoms with Gasteiger partial charge in [-0.25, -0.2) is 4.79 Å². The number of likely N-dealkylation sites (N-methyl/N-ethyl adjacent to an activating group) is 1. The summed E-state index contributed by atoms with van der Waals surface area (Å²) in [6.07, 6.45) is -3.15. The molecular formula is C16H21F3N2O2. The van der Waals surface area contributed by atoms with Gasteiger partial charge in [-0.2, -0.15) is 13.2 Å². The average Bonchev–Trinajstić information content (AvgIpc) is 3.30. The van der Waals surface area contributed by atoms with Crippen LogP contribution in [0.2, 0.25) is 0 Å². The quantitative estimate of drug-likeness (QED) is 0.871. The van der Waals surface area contributed by atoms with E-state index in [2.05, 4.69) is 5.32 Å². The summed E-state index contributed by atoms with van der Waals surface area (Å²) in [5.74, 6) is 0.230. The molecular weight excluding hydrogens is 309 g/mol. The normalized spacial score (nSPS) is 17.5. The molecule has 2 N–H and O–H groups in total. The highest BCUT2D eigenvalue weighted by atomic mass is 19.4. The lowest BCUT2D eigenvalue weighted by molar-refractivity contribution is -0.138. The number of carbonyl (C=O) groups excluding carboxylic acids is 1. The number of hydrogen-bond acceptors (Lipinski definition) is 2. The van der Waals surface area contributed by atoms with E-state index in [0.29, 0.717) is 0 Å². The number of rotatable bonds is 5. The highest BCUT2D eigenvalue weighted by Crippen LogP contribution is 2.34. The van der Waals surface area contributed by atoms with Gasteiger partial charge in [0.05, 0.1) is 17.7 Å². The molecule has 23 heavy (non-hydrogen) atoms. The van der Waals surface area contributed by atoms with Gasteiger partial charge in [-0.3, -0.25) is 0 Å². The first kappa shape index (κ1) is 17.6. The van der Waals surface area contributed by atoms with Crippen molar-refractivity contribution in [3.63, 3.8) is 0 Å². The molecule has 0 aromatic heterocycles. The number of aliphatic hydroxyl groups is 1. The van der Waals surface area contributed by atoms with E-state index in [4.69, 9.17) is 0 Å². The van der Waals surface area contributed by atoms with E-state index in [0.717, 1.165) is 18.9 Å². The fourth-order valence-electron chi connectivity index (χ4n) is 2.50. The number of hydrogen-bond donors (Lipinski definition) is 2. The van der Waals surface area contributed by atoms with Crippen molar-refractivity contribution in [2.75, 3.05) is 13.6 Å². The van der Waals surface area contributed by atoms with Crippen molar-refractivity contribution < 1.29 is 23.1 Å². The van der Waals surface area contributed by atoms with E-state index in [9.17, 15) is 23.1 Å². The lowest BCUT2D eigenvalue weighted by Crippen LogP contribution is -2.42. The molecule has 7 heteroatoms. The number of carbonyl (C=O) groups is 1. The molecule has 128 valence electrons. The van der Waals surface area contributed by atoms with Crippen molar-refractivity contribution in [3.8, 4) is 0 Å². The summed E-state index contributed by atoms with van der Waals surface area (Å²) in [5.41, 5.74) is -0.738. The third kappa shape index (κ3) is 4.60. The number of nitrogens with zero attached hydrogens (tertiary/aromatic N) is 1. The fourth-order valence-corrected chi connectivity index (χ4v) is 2.50. The Hall–Kier alpha value is -1.76. The summed E-state index contributed by atoms with van der Waals surface area (Å²) in [6.45, 7) is 1.68. The summed E-state index contributed by atoms with van der Waals surface area (Å²) in [4.78, 5) is 13.4. The lowest BCUT2D eigenvalue weighted by atomic mass is 10.0. The maximum Gasteiger partial charge on any atom is 0.416 e. The zero-order valence-electron chi connectivity index (χ0n) is 13.1. The molecule has 4 nitrogen and oxygen atoms in total. The largest absolute Gasteiger partial charge is 0.416 e. The maximum absolute atomic E-state index is 13.0. The van der Waals surface area contributed by atoms with Crippen LogP contribution in [0.25, 0.3) is 0 Å². The molecule has 1 saturated carbocycles. The number of amides is 2. The monoisotopic (exact) mass is 330 g/mol. The molecule has 1 aromatic carbocycles. The van der Waals surface area contributed by atoms with Crippen LogP contribution < -0.4 is 5.32 Å². The van der Waals surface area contributed by atoms with E-state index in [1.165, 1.54) is 37.1 Å². The van der Waals surface area contributed by atoms with Gasteiger partial charge in [0.25, 0.3) is 0 Å². The van der Waals surface area contributed by atoms with Crippen molar-refractivity contribution >= 4 is 6.03 Å². The Labute approximate surface area is 133 Å². The van der Waals surface area contributed by atoms with Crippen LogP contribution in [0.3, 0.4) is 0 Å². The van der Waals surface area contributed by atoms with Crippen LogP contribution in [0.1, 0.15) is 36.9 Å². The van der Waals surface area contributed by atoms with Crippen LogP contribution in [0.5, 0.6) is 0 Å². The Morgan fingerprint density at radius 3 is 2.57 bits per heavy atom. The molecule has 0 spiro atoms. The van der Waals surface area contributed by atoms with Crippen LogP contribution in [-0.4, -0.2) is 35.7 Å². The lowest BCUT2D eigenvalue weighted by Gasteiger charge is -2.25. The second-order valence-electron chi connectivity index (χ2n) is 6.04. The smallest absolute Gasteiger partial charge is 0.391 e. The van der Waals surface area contributed by atoms with Gasteiger partial charge in [0.1, 0.15) is 0 Å². The van der Waals surface area contributed by atoms with Crippen LogP contribution >= 0.6 is 0 Å². The van der Waals surface area contributed by atoms with Crippen LogP contribution in [-0.2, 0) is 6.18 Å². The number of aliphatic hydroxyl groups excluding tert-OH is 1. The number of benzene rings is 1. The Bertz CT molecular complexity index is 559. The summed E-state index contributed by atoms with van der Waals surface area (Å²) in [5, 5.41) is 12.4. The van der Waals surface area contributed by atoms with Crippen LogP contribution in [0, 0.1) is 5.92 Å². The van der Waals surface area contributed by atoms with Crippen molar-refractivity contribution in [3.05, 3.63) is 35.4 Å².